The van der Waals surface area contributed by atoms with Crippen molar-refractivity contribution in [1.82, 2.24) is 19.7 Å². The van der Waals surface area contributed by atoms with Crippen LogP contribution in [0.3, 0.4) is 0 Å². The molecule has 0 saturated carbocycles. The third-order valence-corrected chi connectivity index (χ3v) is 4.21. The SMILES string of the molecule is Cn1ccnc1-c1ccc(N2C[C@@H]3COC(=O)[C@@H]3C2)nn1. The molecular formula is C14H15N5O2. The van der Waals surface area contributed by atoms with Gasteiger partial charge in [0, 0.05) is 38.4 Å². The van der Waals surface area contributed by atoms with Gasteiger partial charge >= 0.3 is 5.97 Å². The van der Waals surface area contributed by atoms with Crippen molar-refractivity contribution in [3.05, 3.63) is 24.5 Å². The Hall–Kier alpha value is -2.44. The molecule has 0 bridgehead atoms. The van der Waals surface area contributed by atoms with E-state index < -0.39 is 0 Å². The highest BCUT2D eigenvalue weighted by Crippen LogP contribution is 2.32. The van der Waals surface area contributed by atoms with E-state index in [0.717, 1.165) is 23.9 Å². The van der Waals surface area contributed by atoms with Gasteiger partial charge in [-0.05, 0) is 12.1 Å². The molecule has 4 heterocycles. The van der Waals surface area contributed by atoms with Crippen molar-refractivity contribution < 1.29 is 9.53 Å². The maximum absolute atomic E-state index is 11.6. The second-order valence-electron chi connectivity index (χ2n) is 5.54. The van der Waals surface area contributed by atoms with Crippen LogP contribution in [-0.2, 0) is 16.6 Å². The summed E-state index contributed by atoms with van der Waals surface area (Å²) >= 11 is 0. The van der Waals surface area contributed by atoms with Crippen LogP contribution in [0.4, 0.5) is 5.82 Å². The first kappa shape index (κ1) is 12.3. The van der Waals surface area contributed by atoms with Crippen molar-refractivity contribution in [3.8, 4) is 11.5 Å². The van der Waals surface area contributed by atoms with Gasteiger partial charge in [0.2, 0.25) is 0 Å². The summed E-state index contributed by atoms with van der Waals surface area (Å²) in [5.41, 5.74) is 0.741. The van der Waals surface area contributed by atoms with Crippen molar-refractivity contribution >= 4 is 11.8 Å². The molecule has 2 aromatic heterocycles. The topological polar surface area (TPSA) is 73.1 Å². The second kappa shape index (κ2) is 4.54. The van der Waals surface area contributed by atoms with Gasteiger partial charge in [-0.1, -0.05) is 0 Å². The zero-order chi connectivity index (χ0) is 14.4. The number of ether oxygens (including phenoxy) is 1. The van der Waals surface area contributed by atoms with Crippen LogP contribution in [0, 0.1) is 11.8 Å². The summed E-state index contributed by atoms with van der Waals surface area (Å²) in [5, 5.41) is 8.53. The summed E-state index contributed by atoms with van der Waals surface area (Å²) in [6, 6.07) is 3.85. The van der Waals surface area contributed by atoms with Gasteiger partial charge in [0.25, 0.3) is 0 Å². The zero-order valence-corrected chi connectivity index (χ0v) is 11.6. The minimum Gasteiger partial charge on any atom is -0.465 e. The Morgan fingerprint density at radius 3 is 2.86 bits per heavy atom. The van der Waals surface area contributed by atoms with E-state index in [2.05, 4.69) is 20.1 Å². The van der Waals surface area contributed by atoms with E-state index >= 15 is 0 Å². The van der Waals surface area contributed by atoms with Crippen LogP contribution in [0.15, 0.2) is 24.5 Å². The number of rotatable bonds is 2. The highest BCUT2D eigenvalue weighted by Gasteiger charge is 2.44. The summed E-state index contributed by atoms with van der Waals surface area (Å²) in [7, 11) is 1.92. The standard InChI is InChI=1S/C14H15N5O2/c1-18-5-4-15-13(18)11-2-3-12(17-16-11)19-6-9-8-21-14(20)10(9)7-19/h2-5,9-10H,6-8H2,1H3/t9-,10-/m1/s1. The highest BCUT2D eigenvalue weighted by atomic mass is 16.5. The number of aryl methyl sites for hydroxylation is 1. The number of cyclic esters (lactones) is 1. The number of anilines is 1. The molecule has 108 valence electrons. The third-order valence-electron chi connectivity index (χ3n) is 4.21. The van der Waals surface area contributed by atoms with Gasteiger partial charge in [0.1, 0.15) is 5.69 Å². The molecule has 4 rings (SSSR count). The summed E-state index contributed by atoms with van der Waals surface area (Å²) in [6.45, 7) is 1.99. The number of fused-ring (bicyclic) bond motifs is 1. The van der Waals surface area contributed by atoms with E-state index in [1.165, 1.54) is 0 Å². The molecule has 7 nitrogen and oxygen atoms in total. The van der Waals surface area contributed by atoms with Gasteiger partial charge in [-0.25, -0.2) is 4.98 Å². The molecule has 2 aromatic rings. The molecule has 2 aliphatic rings. The van der Waals surface area contributed by atoms with Crippen LogP contribution in [0.5, 0.6) is 0 Å². The number of nitrogens with zero attached hydrogens (tertiary/aromatic N) is 5. The van der Waals surface area contributed by atoms with Crippen molar-refractivity contribution in [2.24, 2.45) is 18.9 Å². The summed E-state index contributed by atoms with van der Waals surface area (Å²) in [4.78, 5) is 17.9. The van der Waals surface area contributed by atoms with Gasteiger partial charge in [0.05, 0.1) is 12.5 Å². The summed E-state index contributed by atoms with van der Waals surface area (Å²) in [5.74, 6) is 1.78. The van der Waals surface area contributed by atoms with Crippen molar-refractivity contribution in [3.63, 3.8) is 0 Å². The molecule has 2 saturated heterocycles. The minimum atomic E-state index is -0.0833. The fourth-order valence-electron chi connectivity index (χ4n) is 3.02. The number of carbonyl (C=O) groups excluding carboxylic acids is 1. The normalized spacial score (nSPS) is 24.2. The largest absolute Gasteiger partial charge is 0.465 e. The second-order valence-corrected chi connectivity index (χ2v) is 5.54. The molecular weight excluding hydrogens is 270 g/mol. The first-order valence-corrected chi connectivity index (χ1v) is 6.95. The first-order valence-electron chi connectivity index (χ1n) is 6.95. The lowest BCUT2D eigenvalue weighted by molar-refractivity contribution is -0.140. The predicted octanol–water partition coefficient (Wildman–Crippen LogP) is 0.486. The summed E-state index contributed by atoms with van der Waals surface area (Å²) in [6.07, 6.45) is 3.61. The predicted molar refractivity (Wildman–Crippen MR) is 74.4 cm³/mol. The van der Waals surface area contributed by atoms with Crippen LogP contribution in [-0.4, -0.2) is 45.4 Å². The zero-order valence-electron chi connectivity index (χ0n) is 11.6. The van der Waals surface area contributed by atoms with Crippen molar-refractivity contribution in [2.75, 3.05) is 24.6 Å². The summed E-state index contributed by atoms with van der Waals surface area (Å²) < 4.78 is 6.98. The maximum Gasteiger partial charge on any atom is 0.311 e. The van der Waals surface area contributed by atoms with Crippen LogP contribution in [0.2, 0.25) is 0 Å². The lowest BCUT2D eigenvalue weighted by Gasteiger charge is -2.17. The average molecular weight is 285 g/mol. The number of hydrogen-bond acceptors (Lipinski definition) is 6. The number of esters is 1. The first-order chi connectivity index (χ1) is 10.2. The minimum absolute atomic E-state index is 0.0129. The third kappa shape index (κ3) is 1.96. The van der Waals surface area contributed by atoms with Gasteiger partial charge in [-0.15, -0.1) is 10.2 Å². The van der Waals surface area contributed by atoms with E-state index in [1.54, 1.807) is 6.20 Å². The van der Waals surface area contributed by atoms with Gasteiger partial charge in [-0.3, -0.25) is 4.79 Å². The monoisotopic (exact) mass is 285 g/mol. The maximum atomic E-state index is 11.6. The Bertz CT molecular complexity index is 681. The van der Waals surface area contributed by atoms with Crippen LogP contribution in [0.25, 0.3) is 11.5 Å². The lowest BCUT2D eigenvalue weighted by Crippen LogP contribution is -2.24. The van der Waals surface area contributed by atoms with Gasteiger partial charge in [-0.2, -0.15) is 0 Å². The molecule has 0 unspecified atom stereocenters. The van der Waals surface area contributed by atoms with E-state index in [4.69, 9.17) is 4.74 Å². The van der Waals surface area contributed by atoms with E-state index in [1.807, 2.05) is 29.9 Å². The quantitative estimate of drug-likeness (QED) is 0.748. The smallest absolute Gasteiger partial charge is 0.311 e. The van der Waals surface area contributed by atoms with Crippen LogP contribution < -0.4 is 4.90 Å². The Morgan fingerprint density at radius 1 is 1.29 bits per heavy atom. The van der Waals surface area contributed by atoms with E-state index in [9.17, 15) is 4.79 Å². The van der Waals surface area contributed by atoms with E-state index in [0.29, 0.717) is 13.2 Å². The fourth-order valence-corrected chi connectivity index (χ4v) is 3.02. The molecule has 0 aromatic carbocycles. The highest BCUT2D eigenvalue weighted by molar-refractivity contribution is 5.76. The van der Waals surface area contributed by atoms with Gasteiger partial charge < -0.3 is 14.2 Å². The Labute approximate surface area is 121 Å². The van der Waals surface area contributed by atoms with E-state index in [-0.39, 0.29) is 17.8 Å². The Morgan fingerprint density at radius 2 is 2.19 bits per heavy atom. The molecule has 21 heavy (non-hydrogen) atoms. The molecule has 2 atom stereocenters. The van der Waals surface area contributed by atoms with Crippen LogP contribution >= 0.6 is 0 Å². The molecule has 2 aliphatic heterocycles. The van der Waals surface area contributed by atoms with Crippen LogP contribution in [0.1, 0.15) is 0 Å². The molecule has 7 heteroatoms. The number of carbonyl (C=O) groups is 1. The molecule has 0 radical (unpaired) electrons. The average Bonchev–Trinajstić information content (AvgIpc) is 3.17. The fraction of sp³-hybridized carbons (Fsp3) is 0.429. The van der Waals surface area contributed by atoms with Crippen molar-refractivity contribution in [1.29, 1.82) is 0 Å². The molecule has 0 aliphatic carbocycles. The molecule has 0 amide bonds. The number of hydrogen-bond donors (Lipinski definition) is 0. The van der Waals surface area contributed by atoms with Crippen molar-refractivity contribution in [2.45, 2.75) is 0 Å². The lowest BCUT2D eigenvalue weighted by atomic mass is 10.0. The molecule has 2 fully saturated rings. The number of imidazole rings is 1. The Balaban J connectivity index is 1.55. The van der Waals surface area contributed by atoms with Gasteiger partial charge in [0.15, 0.2) is 11.6 Å². The molecule has 0 spiro atoms. The Kier molecular flexibility index (Phi) is 2.66. The number of aromatic nitrogens is 4. The molecule has 0 N–H and O–H groups in total.